The summed E-state index contributed by atoms with van der Waals surface area (Å²) in [6.07, 6.45) is 0. The van der Waals surface area contributed by atoms with Crippen LogP contribution in [-0.2, 0) is 4.79 Å². The van der Waals surface area contributed by atoms with Gasteiger partial charge < -0.3 is 9.73 Å². The van der Waals surface area contributed by atoms with Crippen LogP contribution in [0, 0.1) is 0 Å². The smallest absolute Gasteiger partial charge is 0.230 e. The molecule has 4 rings (SSSR count). The molecule has 0 saturated carbocycles. The maximum atomic E-state index is 12.3. The number of rotatable bonds is 5. The van der Waals surface area contributed by atoms with Gasteiger partial charge in [0.05, 0.1) is 22.3 Å². The van der Waals surface area contributed by atoms with Gasteiger partial charge in [0.15, 0.2) is 0 Å². The predicted molar refractivity (Wildman–Crippen MR) is 105 cm³/mol. The van der Waals surface area contributed by atoms with E-state index in [1.165, 1.54) is 11.8 Å². The number of nitrogens with zero attached hydrogens (tertiary/aromatic N) is 1. The molecule has 4 nitrogen and oxygen atoms in total. The Kier molecular flexibility index (Phi) is 4.63. The predicted octanol–water partition coefficient (Wildman–Crippen LogP) is 4.95. The van der Waals surface area contributed by atoms with Gasteiger partial charge in [-0.3, -0.25) is 4.79 Å². The molecule has 0 bridgehead atoms. The molecule has 2 aromatic carbocycles. The van der Waals surface area contributed by atoms with E-state index in [-0.39, 0.29) is 11.9 Å². The van der Waals surface area contributed by atoms with Gasteiger partial charge in [-0.15, -0.1) is 0 Å². The molecular formula is C21H18N2O2S. The zero-order valence-electron chi connectivity index (χ0n) is 14.3. The fourth-order valence-electron chi connectivity index (χ4n) is 2.84. The van der Waals surface area contributed by atoms with Crippen LogP contribution in [-0.4, -0.2) is 16.6 Å². The summed E-state index contributed by atoms with van der Waals surface area (Å²) in [5.74, 6) is 1.03. The highest BCUT2D eigenvalue weighted by Gasteiger charge is 2.14. The molecule has 5 heteroatoms. The molecule has 2 aromatic heterocycles. The molecule has 0 aliphatic heterocycles. The largest absolute Gasteiger partial charge is 0.459 e. The van der Waals surface area contributed by atoms with Crippen molar-refractivity contribution in [2.24, 2.45) is 0 Å². The molecule has 0 unspecified atom stereocenters. The number of aromatic nitrogens is 1. The molecule has 130 valence electrons. The van der Waals surface area contributed by atoms with Crippen molar-refractivity contribution in [1.82, 2.24) is 10.3 Å². The maximum absolute atomic E-state index is 12.3. The lowest BCUT2D eigenvalue weighted by molar-refractivity contribution is -0.119. The van der Waals surface area contributed by atoms with Crippen molar-refractivity contribution in [1.29, 1.82) is 0 Å². The molecule has 0 spiro atoms. The Morgan fingerprint density at radius 1 is 1.08 bits per heavy atom. The number of pyridine rings is 1. The second kappa shape index (κ2) is 7.22. The lowest BCUT2D eigenvalue weighted by atomic mass is 10.2. The van der Waals surface area contributed by atoms with E-state index in [9.17, 15) is 4.79 Å². The van der Waals surface area contributed by atoms with Crippen LogP contribution >= 0.6 is 11.8 Å². The molecule has 0 fully saturated rings. The van der Waals surface area contributed by atoms with E-state index in [1.54, 1.807) is 0 Å². The van der Waals surface area contributed by atoms with Gasteiger partial charge in [0, 0.05) is 10.8 Å². The first kappa shape index (κ1) is 16.7. The molecule has 1 amide bonds. The van der Waals surface area contributed by atoms with Gasteiger partial charge in [-0.05, 0) is 31.2 Å². The van der Waals surface area contributed by atoms with E-state index >= 15 is 0 Å². The minimum atomic E-state index is -0.180. The summed E-state index contributed by atoms with van der Waals surface area (Å²) in [6, 6.07) is 21.6. The molecule has 0 aliphatic rings. The zero-order chi connectivity index (χ0) is 17.9. The van der Waals surface area contributed by atoms with E-state index in [0.29, 0.717) is 5.75 Å². The average molecular weight is 362 g/mol. The number of benzene rings is 2. The Balaban J connectivity index is 1.38. The van der Waals surface area contributed by atoms with Crippen LogP contribution in [0.3, 0.4) is 0 Å². The monoisotopic (exact) mass is 362 g/mol. The normalized spacial score (nSPS) is 12.3. The Morgan fingerprint density at radius 2 is 1.85 bits per heavy atom. The maximum Gasteiger partial charge on any atom is 0.230 e. The Labute approximate surface area is 155 Å². The van der Waals surface area contributed by atoms with Crippen LogP contribution in [0.15, 0.2) is 76.2 Å². The Hall–Kier alpha value is -2.79. The van der Waals surface area contributed by atoms with E-state index < -0.39 is 0 Å². The average Bonchev–Trinajstić information content (AvgIpc) is 3.10. The molecule has 0 saturated heterocycles. The van der Waals surface area contributed by atoms with Gasteiger partial charge in [-0.25, -0.2) is 4.98 Å². The second-order valence-corrected chi connectivity index (χ2v) is 7.10. The van der Waals surface area contributed by atoms with Gasteiger partial charge in [0.1, 0.15) is 11.3 Å². The number of carbonyl (C=O) groups is 1. The Morgan fingerprint density at radius 3 is 2.69 bits per heavy atom. The van der Waals surface area contributed by atoms with Crippen LogP contribution in [0.2, 0.25) is 0 Å². The van der Waals surface area contributed by atoms with Crippen molar-refractivity contribution in [3.8, 4) is 0 Å². The molecule has 0 aliphatic carbocycles. The number of amides is 1. The van der Waals surface area contributed by atoms with Gasteiger partial charge in [-0.1, -0.05) is 54.2 Å². The number of nitrogens with one attached hydrogen (secondary N) is 1. The SMILES string of the molecule is C[C@@H](NC(=O)CSc1ccc2ccccc2n1)c1cc2ccccc2o1. The minimum Gasteiger partial charge on any atom is -0.459 e. The number of hydrogen-bond acceptors (Lipinski definition) is 4. The third-order valence-electron chi connectivity index (χ3n) is 4.17. The molecular weight excluding hydrogens is 344 g/mol. The molecule has 4 aromatic rings. The highest BCUT2D eigenvalue weighted by atomic mass is 32.2. The number of hydrogen-bond donors (Lipinski definition) is 1. The molecule has 2 heterocycles. The summed E-state index contributed by atoms with van der Waals surface area (Å²) in [5, 5.41) is 5.96. The highest BCUT2D eigenvalue weighted by Crippen LogP contribution is 2.24. The number of furan rings is 1. The molecule has 26 heavy (non-hydrogen) atoms. The number of para-hydroxylation sites is 2. The van der Waals surface area contributed by atoms with Crippen LogP contribution in [0.1, 0.15) is 18.7 Å². The van der Waals surface area contributed by atoms with E-state index in [1.807, 2.05) is 73.7 Å². The summed E-state index contributed by atoms with van der Waals surface area (Å²) in [4.78, 5) is 16.9. The van der Waals surface area contributed by atoms with Gasteiger partial charge in [-0.2, -0.15) is 0 Å². The minimum absolute atomic E-state index is 0.0436. The molecule has 1 N–H and O–H groups in total. The first-order chi connectivity index (χ1) is 12.7. The van der Waals surface area contributed by atoms with Crippen molar-refractivity contribution in [3.05, 3.63) is 72.5 Å². The Bertz CT molecular complexity index is 1040. The summed E-state index contributed by atoms with van der Waals surface area (Å²) in [6.45, 7) is 1.93. The standard InChI is InChI=1S/C21H18N2O2S/c1-14(19-12-16-7-3-5-9-18(16)25-19)22-20(24)13-26-21-11-10-15-6-2-4-8-17(15)23-21/h2-12,14H,13H2,1H3,(H,22,24)/t14-/m1/s1. The summed E-state index contributed by atoms with van der Waals surface area (Å²) < 4.78 is 5.81. The van der Waals surface area contributed by atoms with Gasteiger partial charge in [0.25, 0.3) is 0 Å². The zero-order valence-corrected chi connectivity index (χ0v) is 15.1. The summed E-state index contributed by atoms with van der Waals surface area (Å²) in [7, 11) is 0. The highest BCUT2D eigenvalue weighted by molar-refractivity contribution is 7.99. The summed E-state index contributed by atoms with van der Waals surface area (Å²) in [5.41, 5.74) is 1.77. The van der Waals surface area contributed by atoms with Crippen LogP contribution in [0.4, 0.5) is 0 Å². The fraction of sp³-hybridized carbons (Fsp3) is 0.143. The third kappa shape index (κ3) is 3.58. The van der Waals surface area contributed by atoms with Crippen LogP contribution < -0.4 is 5.32 Å². The number of carbonyl (C=O) groups excluding carboxylic acids is 1. The lowest BCUT2D eigenvalue weighted by Gasteiger charge is -2.11. The quantitative estimate of drug-likeness (QED) is 0.510. The van der Waals surface area contributed by atoms with Crippen molar-refractivity contribution >= 4 is 39.5 Å². The summed E-state index contributed by atoms with van der Waals surface area (Å²) >= 11 is 1.43. The van der Waals surface area contributed by atoms with Crippen molar-refractivity contribution in [2.45, 2.75) is 18.0 Å². The third-order valence-corrected chi connectivity index (χ3v) is 5.10. The van der Waals surface area contributed by atoms with Crippen LogP contribution in [0.5, 0.6) is 0 Å². The van der Waals surface area contributed by atoms with Crippen molar-refractivity contribution < 1.29 is 9.21 Å². The van der Waals surface area contributed by atoms with Gasteiger partial charge >= 0.3 is 0 Å². The van der Waals surface area contributed by atoms with Crippen molar-refractivity contribution in [2.75, 3.05) is 5.75 Å². The topological polar surface area (TPSA) is 55.1 Å². The first-order valence-electron chi connectivity index (χ1n) is 8.45. The molecule has 1 atom stereocenters. The first-order valence-corrected chi connectivity index (χ1v) is 9.44. The van der Waals surface area contributed by atoms with E-state index in [2.05, 4.69) is 10.3 Å². The fourth-order valence-corrected chi connectivity index (χ4v) is 3.53. The van der Waals surface area contributed by atoms with Crippen molar-refractivity contribution in [3.63, 3.8) is 0 Å². The van der Waals surface area contributed by atoms with E-state index in [0.717, 1.165) is 32.7 Å². The lowest BCUT2D eigenvalue weighted by Crippen LogP contribution is -2.27. The van der Waals surface area contributed by atoms with Gasteiger partial charge in [0.2, 0.25) is 5.91 Å². The van der Waals surface area contributed by atoms with Crippen LogP contribution in [0.25, 0.3) is 21.9 Å². The second-order valence-electron chi connectivity index (χ2n) is 6.11. The number of fused-ring (bicyclic) bond motifs is 2. The van der Waals surface area contributed by atoms with E-state index in [4.69, 9.17) is 4.42 Å². The number of thioether (sulfide) groups is 1. The molecule has 0 radical (unpaired) electrons.